The second-order valence-corrected chi connectivity index (χ2v) is 2.23. The monoisotopic (exact) mass is 150 g/mol. The lowest BCUT2D eigenvalue weighted by molar-refractivity contribution is -0.239. The van der Waals surface area contributed by atoms with Gasteiger partial charge in [-0.15, -0.1) is 0 Å². The van der Waals surface area contributed by atoms with Crippen LogP contribution in [0, 0.1) is 0 Å². The maximum Gasteiger partial charge on any atom is 0.237 e. The average molecular weight is 150 g/mol. The summed E-state index contributed by atoms with van der Waals surface area (Å²) in [6, 6.07) is 0. The molecule has 60 valence electrons. The van der Waals surface area contributed by atoms with Gasteiger partial charge < -0.3 is 20.4 Å². The Hall–Kier alpha value is -0.240. The summed E-state index contributed by atoms with van der Waals surface area (Å²) < 4.78 is 0. The fourth-order valence-electron chi connectivity index (χ4n) is 0.725. The number of β-amino-alcohol motifs (C(OH)–C–C–N with tert-alkyl or cyclic N) is 2. The number of hydrogen-bond acceptors (Lipinski definition) is 6. The van der Waals surface area contributed by atoms with Gasteiger partial charge in [-0.2, -0.15) is 0 Å². The van der Waals surface area contributed by atoms with Gasteiger partial charge in [0.2, 0.25) is 5.91 Å². The minimum Gasteiger partial charge on any atom is -0.374 e. The molecule has 0 aromatic rings. The van der Waals surface area contributed by atoms with Gasteiger partial charge in [-0.05, 0) is 0 Å². The van der Waals surface area contributed by atoms with Crippen LogP contribution in [0.3, 0.4) is 0 Å². The Morgan fingerprint density at radius 3 is 2.20 bits per heavy atom. The number of aliphatic hydroxyl groups is 4. The highest BCUT2D eigenvalue weighted by Crippen LogP contribution is 2.01. The van der Waals surface area contributed by atoms with Gasteiger partial charge >= 0.3 is 0 Å². The maximum atomic E-state index is 8.77. The van der Waals surface area contributed by atoms with E-state index in [0.717, 1.165) is 0 Å². The lowest BCUT2D eigenvalue weighted by Crippen LogP contribution is -2.68. The third-order valence-corrected chi connectivity index (χ3v) is 1.24. The predicted octanol–water partition coefficient (Wildman–Crippen LogP) is -3.55. The third kappa shape index (κ3) is 1.63. The Labute approximate surface area is 57.1 Å². The van der Waals surface area contributed by atoms with Gasteiger partial charge in [0.1, 0.15) is 12.5 Å². The molecular formula is C4H10N2O4. The van der Waals surface area contributed by atoms with Crippen molar-refractivity contribution in [2.75, 3.05) is 6.54 Å². The molecule has 1 aliphatic heterocycles. The molecule has 0 aliphatic carbocycles. The van der Waals surface area contributed by atoms with Crippen molar-refractivity contribution < 1.29 is 20.4 Å². The average Bonchev–Trinajstić information content (AvgIpc) is 1.79. The molecule has 0 spiro atoms. The summed E-state index contributed by atoms with van der Waals surface area (Å²) in [6.07, 6.45) is -2.52. The number of nitrogens with one attached hydrogen (secondary N) is 2. The van der Waals surface area contributed by atoms with E-state index >= 15 is 0 Å². The minimum absolute atomic E-state index is 0.231. The first-order chi connectivity index (χ1) is 4.51. The van der Waals surface area contributed by atoms with E-state index in [2.05, 4.69) is 5.32 Å². The van der Waals surface area contributed by atoms with Crippen LogP contribution in [0.25, 0.3) is 0 Å². The quantitative estimate of drug-likeness (QED) is 0.200. The number of rotatable bonds is 0. The van der Waals surface area contributed by atoms with E-state index < -0.39 is 18.4 Å². The lowest BCUT2D eigenvalue weighted by Gasteiger charge is -2.35. The number of piperazine rings is 1. The van der Waals surface area contributed by atoms with E-state index in [1.807, 2.05) is 5.32 Å². The van der Waals surface area contributed by atoms with Crippen LogP contribution in [0.5, 0.6) is 0 Å². The fourth-order valence-corrected chi connectivity index (χ4v) is 0.725. The molecule has 0 bridgehead atoms. The Kier molecular flexibility index (Phi) is 1.90. The molecule has 2 unspecified atom stereocenters. The Morgan fingerprint density at radius 1 is 1.20 bits per heavy atom. The highest BCUT2D eigenvalue weighted by molar-refractivity contribution is 4.78. The van der Waals surface area contributed by atoms with E-state index in [4.69, 9.17) is 20.4 Å². The summed E-state index contributed by atoms with van der Waals surface area (Å²) in [4.78, 5) is 0. The Bertz CT molecular complexity index is 128. The van der Waals surface area contributed by atoms with E-state index in [1.54, 1.807) is 0 Å². The molecule has 6 nitrogen and oxygen atoms in total. The molecular weight excluding hydrogens is 140 g/mol. The molecule has 0 saturated carbocycles. The van der Waals surface area contributed by atoms with Gasteiger partial charge in [0, 0.05) is 0 Å². The zero-order valence-electron chi connectivity index (χ0n) is 5.15. The smallest absolute Gasteiger partial charge is 0.237 e. The van der Waals surface area contributed by atoms with Gasteiger partial charge in [0.25, 0.3) is 0 Å². The van der Waals surface area contributed by atoms with Gasteiger partial charge in [-0.3, -0.25) is 5.32 Å². The largest absolute Gasteiger partial charge is 0.374 e. The van der Waals surface area contributed by atoms with Crippen molar-refractivity contribution in [3.63, 3.8) is 0 Å². The molecule has 2 atom stereocenters. The number of hydrogen-bond donors (Lipinski definition) is 6. The predicted molar refractivity (Wildman–Crippen MR) is 30.3 cm³/mol. The molecule has 1 saturated heterocycles. The molecule has 1 rings (SSSR count). The fraction of sp³-hybridized carbons (Fsp3) is 1.00. The third-order valence-electron chi connectivity index (χ3n) is 1.24. The van der Waals surface area contributed by atoms with E-state index in [1.165, 1.54) is 0 Å². The van der Waals surface area contributed by atoms with Crippen LogP contribution in [0.1, 0.15) is 0 Å². The van der Waals surface area contributed by atoms with Crippen LogP contribution in [-0.2, 0) is 0 Å². The van der Waals surface area contributed by atoms with Crippen LogP contribution in [-0.4, -0.2) is 45.3 Å². The highest BCUT2D eigenvalue weighted by atomic mass is 16.5. The summed E-state index contributed by atoms with van der Waals surface area (Å²) in [5, 5.41) is 39.3. The zero-order valence-corrected chi connectivity index (χ0v) is 5.15. The highest BCUT2D eigenvalue weighted by Gasteiger charge is 2.34. The van der Waals surface area contributed by atoms with Crippen molar-refractivity contribution in [2.24, 2.45) is 0 Å². The zero-order chi connectivity index (χ0) is 7.78. The van der Waals surface area contributed by atoms with Crippen molar-refractivity contribution in [2.45, 2.75) is 18.4 Å². The molecule has 0 amide bonds. The Balaban J connectivity index is 2.49. The van der Waals surface area contributed by atoms with Gasteiger partial charge in [0.05, 0.1) is 6.54 Å². The first-order valence-corrected chi connectivity index (χ1v) is 2.83. The van der Waals surface area contributed by atoms with E-state index in [-0.39, 0.29) is 6.54 Å². The van der Waals surface area contributed by atoms with E-state index in [0.29, 0.717) is 0 Å². The van der Waals surface area contributed by atoms with Gasteiger partial charge in [0.15, 0.2) is 0 Å². The van der Waals surface area contributed by atoms with Gasteiger partial charge in [-0.1, -0.05) is 0 Å². The molecule has 0 aromatic heterocycles. The molecule has 10 heavy (non-hydrogen) atoms. The summed E-state index contributed by atoms with van der Waals surface area (Å²) >= 11 is 0. The van der Waals surface area contributed by atoms with Crippen molar-refractivity contribution in [3.05, 3.63) is 0 Å². The molecule has 0 aromatic carbocycles. The molecule has 0 radical (unpaired) electrons. The molecule has 6 N–H and O–H groups in total. The van der Waals surface area contributed by atoms with Crippen LogP contribution in [0.4, 0.5) is 0 Å². The van der Waals surface area contributed by atoms with Gasteiger partial charge in [-0.25, -0.2) is 5.32 Å². The lowest BCUT2D eigenvalue weighted by atomic mass is 10.3. The summed E-state index contributed by atoms with van der Waals surface area (Å²) in [5.74, 6) is -2.14. The summed E-state index contributed by atoms with van der Waals surface area (Å²) in [7, 11) is 0. The van der Waals surface area contributed by atoms with Crippen molar-refractivity contribution in [1.82, 2.24) is 10.6 Å². The molecule has 1 fully saturated rings. The molecule has 6 heteroatoms. The van der Waals surface area contributed by atoms with Crippen molar-refractivity contribution in [3.8, 4) is 0 Å². The SMILES string of the molecule is OC1NCC(O)(O)NC1O. The van der Waals surface area contributed by atoms with Crippen molar-refractivity contribution in [1.29, 1.82) is 0 Å². The minimum atomic E-state index is -2.14. The second kappa shape index (κ2) is 2.42. The summed E-state index contributed by atoms with van der Waals surface area (Å²) in [5.41, 5.74) is 0. The normalized spacial score (nSPS) is 39.6. The Morgan fingerprint density at radius 2 is 1.80 bits per heavy atom. The first-order valence-electron chi connectivity index (χ1n) is 2.83. The van der Waals surface area contributed by atoms with Crippen LogP contribution in [0.15, 0.2) is 0 Å². The van der Waals surface area contributed by atoms with Crippen LogP contribution < -0.4 is 10.6 Å². The number of aliphatic hydroxyl groups excluding tert-OH is 2. The summed E-state index contributed by atoms with van der Waals surface area (Å²) in [6.45, 7) is -0.231. The van der Waals surface area contributed by atoms with E-state index in [9.17, 15) is 0 Å². The van der Waals surface area contributed by atoms with Crippen LogP contribution in [0.2, 0.25) is 0 Å². The standard InChI is InChI=1S/C4H10N2O4/c7-2-3(8)6-4(9,10)1-5-2/h2-3,5-10H,1H2. The topological polar surface area (TPSA) is 105 Å². The van der Waals surface area contributed by atoms with Crippen LogP contribution >= 0.6 is 0 Å². The first kappa shape index (κ1) is 7.86. The van der Waals surface area contributed by atoms with Crippen molar-refractivity contribution >= 4 is 0 Å². The second-order valence-electron chi connectivity index (χ2n) is 2.23. The maximum absolute atomic E-state index is 8.77. The molecule has 1 heterocycles. The molecule has 1 aliphatic rings.